The number of aromatic nitrogens is 1. The first-order valence-corrected chi connectivity index (χ1v) is 6.75. The van der Waals surface area contributed by atoms with Crippen LogP contribution >= 0.6 is 0 Å². The Balaban J connectivity index is 2.52. The molecule has 3 heteroatoms. The first kappa shape index (κ1) is 13.7. The zero-order valence-electron chi connectivity index (χ0n) is 12.1. The summed E-state index contributed by atoms with van der Waals surface area (Å²) in [5, 5.41) is 1.03. The van der Waals surface area contributed by atoms with Gasteiger partial charge in [0.15, 0.2) is 0 Å². The van der Waals surface area contributed by atoms with Crippen molar-refractivity contribution in [2.45, 2.75) is 33.6 Å². The van der Waals surface area contributed by atoms with Gasteiger partial charge in [0, 0.05) is 16.6 Å². The third kappa shape index (κ3) is 2.80. The quantitative estimate of drug-likeness (QED) is 0.759. The first-order valence-electron chi connectivity index (χ1n) is 6.75. The lowest BCUT2D eigenvalue weighted by Gasteiger charge is -2.14. The first-order chi connectivity index (χ1) is 9.17. The van der Waals surface area contributed by atoms with E-state index in [2.05, 4.69) is 18.8 Å². The second-order valence-electron chi connectivity index (χ2n) is 4.74. The molecule has 2 aromatic rings. The van der Waals surface area contributed by atoms with Gasteiger partial charge in [0.2, 0.25) is 0 Å². The highest BCUT2D eigenvalue weighted by Crippen LogP contribution is 2.32. The minimum absolute atomic E-state index is 0.743. The third-order valence-corrected chi connectivity index (χ3v) is 3.36. The van der Waals surface area contributed by atoms with Gasteiger partial charge in [-0.25, -0.2) is 0 Å². The summed E-state index contributed by atoms with van der Waals surface area (Å²) in [5.41, 5.74) is 3.08. The highest BCUT2D eigenvalue weighted by Gasteiger charge is 2.11. The van der Waals surface area contributed by atoms with E-state index in [1.54, 1.807) is 7.11 Å². The van der Waals surface area contributed by atoms with Crippen LogP contribution in [0.3, 0.4) is 0 Å². The van der Waals surface area contributed by atoms with E-state index in [9.17, 15) is 0 Å². The van der Waals surface area contributed by atoms with Gasteiger partial charge in [-0.3, -0.25) is 4.98 Å². The van der Waals surface area contributed by atoms with Gasteiger partial charge in [-0.15, -0.1) is 0 Å². The molecule has 0 aliphatic rings. The van der Waals surface area contributed by atoms with E-state index < -0.39 is 0 Å². The average Bonchev–Trinajstić information content (AvgIpc) is 2.43. The van der Waals surface area contributed by atoms with Crippen LogP contribution in [0.5, 0.6) is 11.5 Å². The van der Waals surface area contributed by atoms with Crippen LogP contribution in [0.2, 0.25) is 0 Å². The minimum atomic E-state index is 0.743. The Hall–Kier alpha value is -1.77. The number of methoxy groups -OCH3 is 1. The van der Waals surface area contributed by atoms with E-state index in [-0.39, 0.29) is 0 Å². The number of ether oxygens (including phenoxy) is 2. The monoisotopic (exact) mass is 259 g/mol. The fourth-order valence-corrected chi connectivity index (χ4v) is 2.06. The number of fused-ring (bicyclic) bond motifs is 1. The SMILES string of the molecule is CCCCOc1c(C)c(C)nc2ccc(OC)cc12. The molecule has 0 radical (unpaired) electrons. The van der Waals surface area contributed by atoms with Crippen molar-refractivity contribution in [3.63, 3.8) is 0 Å². The zero-order valence-corrected chi connectivity index (χ0v) is 12.1. The highest BCUT2D eigenvalue weighted by molar-refractivity contribution is 5.88. The molecule has 19 heavy (non-hydrogen) atoms. The lowest BCUT2D eigenvalue weighted by atomic mass is 10.1. The van der Waals surface area contributed by atoms with Gasteiger partial charge in [0.1, 0.15) is 11.5 Å². The molecule has 0 spiro atoms. The summed E-state index contributed by atoms with van der Waals surface area (Å²) >= 11 is 0. The molecular formula is C16H21NO2. The molecular weight excluding hydrogens is 238 g/mol. The lowest BCUT2D eigenvalue weighted by molar-refractivity contribution is 0.310. The van der Waals surface area contributed by atoms with Crippen molar-refractivity contribution in [1.29, 1.82) is 0 Å². The van der Waals surface area contributed by atoms with E-state index in [0.717, 1.165) is 53.1 Å². The molecule has 1 aromatic carbocycles. The molecule has 102 valence electrons. The molecule has 1 aromatic heterocycles. The number of aryl methyl sites for hydroxylation is 1. The summed E-state index contributed by atoms with van der Waals surface area (Å²) in [6.07, 6.45) is 2.19. The summed E-state index contributed by atoms with van der Waals surface area (Å²) in [4.78, 5) is 4.60. The second kappa shape index (κ2) is 5.91. The van der Waals surface area contributed by atoms with Crippen LogP contribution in [-0.4, -0.2) is 18.7 Å². The third-order valence-electron chi connectivity index (χ3n) is 3.36. The summed E-state index contributed by atoms with van der Waals surface area (Å²) < 4.78 is 11.3. The van der Waals surface area contributed by atoms with Crippen molar-refractivity contribution in [3.8, 4) is 11.5 Å². The van der Waals surface area contributed by atoms with Gasteiger partial charge < -0.3 is 9.47 Å². The molecule has 0 saturated carbocycles. The summed E-state index contributed by atoms with van der Waals surface area (Å²) in [7, 11) is 1.67. The number of nitrogens with zero attached hydrogens (tertiary/aromatic N) is 1. The molecule has 0 saturated heterocycles. The predicted octanol–water partition coefficient (Wildman–Crippen LogP) is 4.04. The van der Waals surface area contributed by atoms with Crippen LogP contribution in [0.15, 0.2) is 18.2 Å². The number of hydrogen-bond acceptors (Lipinski definition) is 3. The number of hydrogen-bond donors (Lipinski definition) is 0. The highest BCUT2D eigenvalue weighted by atomic mass is 16.5. The molecule has 0 unspecified atom stereocenters. The van der Waals surface area contributed by atoms with Crippen molar-refractivity contribution in [3.05, 3.63) is 29.5 Å². The standard InChI is InChI=1S/C16H21NO2/c1-5-6-9-19-16-11(2)12(3)17-15-8-7-13(18-4)10-14(15)16/h7-8,10H,5-6,9H2,1-4H3. The Morgan fingerprint density at radius 2 is 2.00 bits per heavy atom. The fraction of sp³-hybridized carbons (Fsp3) is 0.438. The Bertz CT molecular complexity index is 578. The number of benzene rings is 1. The number of rotatable bonds is 5. The zero-order chi connectivity index (χ0) is 13.8. The van der Waals surface area contributed by atoms with E-state index in [1.165, 1.54) is 0 Å². The van der Waals surface area contributed by atoms with Crippen LogP contribution in [0, 0.1) is 13.8 Å². The van der Waals surface area contributed by atoms with Crippen molar-refractivity contribution < 1.29 is 9.47 Å². The van der Waals surface area contributed by atoms with Gasteiger partial charge in [-0.1, -0.05) is 13.3 Å². The van der Waals surface area contributed by atoms with Crippen molar-refractivity contribution in [1.82, 2.24) is 4.98 Å². The molecule has 0 aliphatic carbocycles. The topological polar surface area (TPSA) is 31.4 Å². The normalized spacial score (nSPS) is 10.7. The molecule has 2 rings (SSSR count). The number of pyridine rings is 1. The second-order valence-corrected chi connectivity index (χ2v) is 4.74. The van der Waals surface area contributed by atoms with Crippen LogP contribution in [0.25, 0.3) is 10.9 Å². The molecule has 0 atom stereocenters. The summed E-state index contributed by atoms with van der Waals surface area (Å²) in [6, 6.07) is 5.91. The smallest absolute Gasteiger partial charge is 0.133 e. The van der Waals surface area contributed by atoms with Crippen LogP contribution < -0.4 is 9.47 Å². The van der Waals surface area contributed by atoms with Crippen LogP contribution in [-0.2, 0) is 0 Å². The van der Waals surface area contributed by atoms with E-state index >= 15 is 0 Å². The van der Waals surface area contributed by atoms with Gasteiger partial charge in [-0.2, -0.15) is 0 Å². The van der Waals surface area contributed by atoms with E-state index in [1.807, 2.05) is 25.1 Å². The Kier molecular flexibility index (Phi) is 4.25. The molecule has 1 heterocycles. The Labute approximate surface area is 114 Å². The van der Waals surface area contributed by atoms with Gasteiger partial charge >= 0.3 is 0 Å². The lowest BCUT2D eigenvalue weighted by Crippen LogP contribution is -2.02. The van der Waals surface area contributed by atoms with Crippen molar-refractivity contribution >= 4 is 10.9 Å². The fourth-order valence-electron chi connectivity index (χ4n) is 2.06. The summed E-state index contributed by atoms with van der Waals surface area (Å²) in [5.74, 6) is 1.77. The molecule has 3 nitrogen and oxygen atoms in total. The average molecular weight is 259 g/mol. The predicted molar refractivity (Wildman–Crippen MR) is 78.2 cm³/mol. The van der Waals surface area contributed by atoms with Crippen molar-refractivity contribution in [2.75, 3.05) is 13.7 Å². The molecule has 0 aliphatic heterocycles. The molecule has 0 amide bonds. The van der Waals surface area contributed by atoms with Crippen molar-refractivity contribution in [2.24, 2.45) is 0 Å². The largest absolute Gasteiger partial charge is 0.497 e. The maximum absolute atomic E-state index is 5.98. The van der Waals surface area contributed by atoms with Crippen LogP contribution in [0.4, 0.5) is 0 Å². The van der Waals surface area contributed by atoms with Gasteiger partial charge in [-0.05, 0) is 38.5 Å². The van der Waals surface area contributed by atoms with Gasteiger partial charge in [0.05, 0.1) is 19.2 Å². The maximum atomic E-state index is 5.98. The van der Waals surface area contributed by atoms with E-state index in [4.69, 9.17) is 9.47 Å². The molecule has 0 bridgehead atoms. The van der Waals surface area contributed by atoms with E-state index in [0.29, 0.717) is 0 Å². The van der Waals surface area contributed by atoms with Crippen LogP contribution in [0.1, 0.15) is 31.0 Å². The Morgan fingerprint density at radius 1 is 1.21 bits per heavy atom. The molecule has 0 fully saturated rings. The number of unbranched alkanes of at least 4 members (excludes halogenated alkanes) is 1. The maximum Gasteiger partial charge on any atom is 0.133 e. The minimum Gasteiger partial charge on any atom is -0.497 e. The molecule has 0 N–H and O–H groups in total. The van der Waals surface area contributed by atoms with Gasteiger partial charge in [0.25, 0.3) is 0 Å². The summed E-state index contributed by atoms with van der Waals surface area (Å²) in [6.45, 7) is 6.98. The Morgan fingerprint density at radius 3 is 2.68 bits per heavy atom.